The van der Waals surface area contributed by atoms with Gasteiger partial charge in [-0.3, -0.25) is 9.59 Å². The summed E-state index contributed by atoms with van der Waals surface area (Å²) in [7, 11) is 3.08. The topological polar surface area (TPSA) is 76.7 Å². The lowest BCUT2D eigenvalue weighted by Crippen LogP contribution is -2.16. The second-order valence-corrected chi connectivity index (χ2v) is 8.40. The second-order valence-electron chi connectivity index (χ2n) is 7.35. The first-order valence-electron chi connectivity index (χ1n) is 10.6. The Kier molecular flexibility index (Phi) is 8.38. The van der Waals surface area contributed by atoms with Gasteiger partial charge in [0.2, 0.25) is 5.91 Å². The maximum Gasteiger partial charge on any atom is 0.255 e. The molecule has 6 nitrogen and oxygen atoms in total. The Morgan fingerprint density at radius 1 is 0.909 bits per heavy atom. The molecule has 0 spiro atoms. The van der Waals surface area contributed by atoms with Crippen molar-refractivity contribution in [1.29, 1.82) is 0 Å². The number of rotatable bonds is 9. The van der Waals surface area contributed by atoms with Gasteiger partial charge in [0.1, 0.15) is 0 Å². The molecule has 33 heavy (non-hydrogen) atoms. The van der Waals surface area contributed by atoms with Crippen molar-refractivity contribution >= 4 is 35.0 Å². The van der Waals surface area contributed by atoms with Crippen molar-refractivity contribution in [3.63, 3.8) is 0 Å². The molecule has 0 saturated carbocycles. The summed E-state index contributed by atoms with van der Waals surface area (Å²) in [6.07, 6.45) is 0.862. The average molecular weight is 465 g/mol. The van der Waals surface area contributed by atoms with Crippen LogP contribution in [0.1, 0.15) is 28.4 Å². The zero-order chi connectivity index (χ0) is 23.8. The van der Waals surface area contributed by atoms with Crippen LogP contribution in [-0.2, 0) is 11.2 Å². The second kappa shape index (κ2) is 11.4. The average Bonchev–Trinajstić information content (AvgIpc) is 2.84. The van der Waals surface area contributed by atoms with Gasteiger partial charge in [-0.05, 0) is 66.9 Å². The van der Waals surface area contributed by atoms with Crippen molar-refractivity contribution in [2.45, 2.75) is 25.2 Å². The number of hydrogen-bond donors (Lipinski definition) is 2. The van der Waals surface area contributed by atoms with E-state index in [-0.39, 0.29) is 11.8 Å². The molecule has 0 saturated heterocycles. The Morgan fingerprint density at radius 3 is 2.30 bits per heavy atom. The van der Waals surface area contributed by atoms with E-state index in [0.29, 0.717) is 28.5 Å². The maximum atomic E-state index is 12.6. The van der Waals surface area contributed by atoms with Gasteiger partial charge in [0.15, 0.2) is 11.5 Å². The fraction of sp³-hybridized carbons (Fsp3) is 0.231. The third kappa shape index (κ3) is 6.29. The monoisotopic (exact) mass is 464 g/mol. The molecule has 0 heterocycles. The fourth-order valence-electron chi connectivity index (χ4n) is 3.34. The van der Waals surface area contributed by atoms with E-state index in [0.717, 1.165) is 28.1 Å². The van der Waals surface area contributed by atoms with E-state index in [1.807, 2.05) is 49.4 Å². The van der Waals surface area contributed by atoms with E-state index in [1.165, 1.54) is 18.9 Å². The van der Waals surface area contributed by atoms with Crippen molar-refractivity contribution in [3.05, 3.63) is 77.4 Å². The first kappa shape index (κ1) is 24.2. The van der Waals surface area contributed by atoms with Gasteiger partial charge in [0.25, 0.3) is 5.91 Å². The lowest BCUT2D eigenvalue weighted by molar-refractivity contribution is -0.113. The summed E-state index contributed by atoms with van der Waals surface area (Å²) in [6, 6.07) is 18.4. The van der Waals surface area contributed by atoms with Gasteiger partial charge in [-0.15, -0.1) is 11.8 Å². The molecule has 0 aliphatic carbocycles. The summed E-state index contributed by atoms with van der Waals surface area (Å²) in [5.74, 6) is 1.06. The van der Waals surface area contributed by atoms with Gasteiger partial charge in [-0.1, -0.05) is 25.1 Å². The predicted octanol–water partition coefficient (Wildman–Crippen LogP) is 5.56. The maximum absolute atomic E-state index is 12.6. The molecule has 0 fully saturated rings. The largest absolute Gasteiger partial charge is 0.493 e. The highest BCUT2D eigenvalue weighted by Crippen LogP contribution is 2.28. The number of carbonyl (C=O) groups excluding carboxylic acids is 2. The molecule has 0 aliphatic rings. The number of methoxy groups -OCH3 is 2. The number of benzene rings is 3. The lowest BCUT2D eigenvalue weighted by atomic mass is 10.1. The Balaban J connectivity index is 1.56. The predicted molar refractivity (Wildman–Crippen MR) is 134 cm³/mol. The van der Waals surface area contributed by atoms with Crippen molar-refractivity contribution in [1.82, 2.24) is 0 Å². The number of para-hydroxylation sites is 1. The van der Waals surface area contributed by atoms with Crippen LogP contribution in [0.15, 0.2) is 65.6 Å². The third-order valence-electron chi connectivity index (χ3n) is 5.13. The Hall–Kier alpha value is -3.45. The van der Waals surface area contributed by atoms with Crippen LogP contribution in [0.5, 0.6) is 11.5 Å². The summed E-state index contributed by atoms with van der Waals surface area (Å²) in [6.45, 7) is 4.07. The minimum absolute atomic E-state index is 0.0465. The van der Waals surface area contributed by atoms with E-state index in [4.69, 9.17) is 9.47 Å². The van der Waals surface area contributed by atoms with Crippen LogP contribution >= 0.6 is 11.8 Å². The normalized spacial score (nSPS) is 10.4. The minimum atomic E-state index is -0.249. The number of anilines is 2. The molecule has 172 valence electrons. The molecule has 2 N–H and O–H groups in total. The van der Waals surface area contributed by atoms with Gasteiger partial charge in [-0.2, -0.15) is 0 Å². The smallest absolute Gasteiger partial charge is 0.255 e. The molecule has 0 aromatic heterocycles. The SMILES string of the molecule is CCc1cccc(C)c1NC(=O)CSc1ccc(NC(=O)c2ccc(OC)c(OC)c2)cc1. The molecule has 3 rings (SSSR count). The van der Waals surface area contributed by atoms with Gasteiger partial charge < -0.3 is 20.1 Å². The molecule has 0 atom stereocenters. The molecular formula is C26H28N2O4S. The van der Waals surface area contributed by atoms with E-state index in [2.05, 4.69) is 17.6 Å². The molecule has 7 heteroatoms. The molecule has 0 aliphatic heterocycles. The van der Waals surface area contributed by atoms with E-state index in [1.54, 1.807) is 25.3 Å². The first-order chi connectivity index (χ1) is 15.9. The standard InChI is InChI=1S/C26H28N2O4S/c1-5-18-8-6-7-17(2)25(18)28-24(29)16-33-21-12-10-20(11-13-21)27-26(30)19-9-14-22(31-3)23(15-19)32-4/h6-15H,5,16H2,1-4H3,(H,27,30)(H,28,29). The minimum Gasteiger partial charge on any atom is -0.493 e. The molecular weight excluding hydrogens is 436 g/mol. The Labute approximate surface area is 198 Å². The van der Waals surface area contributed by atoms with Crippen LogP contribution in [0.2, 0.25) is 0 Å². The fourth-order valence-corrected chi connectivity index (χ4v) is 4.04. The summed E-state index contributed by atoms with van der Waals surface area (Å²) in [5, 5.41) is 5.90. The summed E-state index contributed by atoms with van der Waals surface area (Å²) < 4.78 is 10.5. The number of hydrogen-bond acceptors (Lipinski definition) is 5. The van der Waals surface area contributed by atoms with Crippen LogP contribution in [-0.4, -0.2) is 31.8 Å². The summed E-state index contributed by atoms with van der Waals surface area (Å²) >= 11 is 1.44. The van der Waals surface area contributed by atoms with Crippen LogP contribution in [0, 0.1) is 6.92 Å². The number of thioether (sulfide) groups is 1. The number of amides is 2. The molecule has 0 unspecified atom stereocenters. The van der Waals surface area contributed by atoms with Crippen LogP contribution in [0.4, 0.5) is 11.4 Å². The van der Waals surface area contributed by atoms with Crippen molar-refractivity contribution < 1.29 is 19.1 Å². The van der Waals surface area contributed by atoms with Gasteiger partial charge in [0.05, 0.1) is 20.0 Å². The number of aryl methyl sites for hydroxylation is 2. The quantitative estimate of drug-likeness (QED) is 0.406. The number of ether oxygens (including phenoxy) is 2. The van der Waals surface area contributed by atoms with E-state index >= 15 is 0 Å². The van der Waals surface area contributed by atoms with Gasteiger partial charge in [-0.25, -0.2) is 0 Å². The van der Waals surface area contributed by atoms with Crippen molar-refractivity contribution in [2.75, 3.05) is 30.6 Å². The highest BCUT2D eigenvalue weighted by molar-refractivity contribution is 8.00. The first-order valence-corrected chi connectivity index (χ1v) is 11.6. The number of carbonyl (C=O) groups is 2. The third-order valence-corrected chi connectivity index (χ3v) is 6.14. The summed E-state index contributed by atoms with van der Waals surface area (Å²) in [5.41, 5.74) is 4.21. The van der Waals surface area contributed by atoms with Gasteiger partial charge in [0, 0.05) is 21.8 Å². The Bertz CT molecular complexity index is 1130. The Morgan fingerprint density at radius 2 is 1.64 bits per heavy atom. The van der Waals surface area contributed by atoms with Crippen LogP contribution < -0.4 is 20.1 Å². The summed E-state index contributed by atoms with van der Waals surface area (Å²) in [4.78, 5) is 26.0. The van der Waals surface area contributed by atoms with Gasteiger partial charge >= 0.3 is 0 Å². The van der Waals surface area contributed by atoms with E-state index < -0.39 is 0 Å². The zero-order valence-corrected chi connectivity index (χ0v) is 20.0. The van der Waals surface area contributed by atoms with Crippen LogP contribution in [0.25, 0.3) is 0 Å². The molecule has 2 amide bonds. The number of nitrogens with one attached hydrogen (secondary N) is 2. The van der Waals surface area contributed by atoms with Crippen molar-refractivity contribution in [3.8, 4) is 11.5 Å². The highest BCUT2D eigenvalue weighted by Gasteiger charge is 2.12. The zero-order valence-electron chi connectivity index (χ0n) is 19.2. The van der Waals surface area contributed by atoms with Crippen LogP contribution in [0.3, 0.4) is 0 Å². The van der Waals surface area contributed by atoms with Crippen molar-refractivity contribution in [2.24, 2.45) is 0 Å². The van der Waals surface area contributed by atoms with E-state index in [9.17, 15) is 9.59 Å². The molecule has 0 bridgehead atoms. The molecule has 3 aromatic rings. The molecule has 0 radical (unpaired) electrons. The molecule has 3 aromatic carbocycles. The lowest BCUT2D eigenvalue weighted by Gasteiger charge is -2.13. The highest BCUT2D eigenvalue weighted by atomic mass is 32.2.